The van der Waals surface area contributed by atoms with E-state index in [4.69, 9.17) is 62.1 Å². The number of halogens is 4. The molecule has 0 saturated carbocycles. The molecule has 0 bridgehead atoms. The highest BCUT2D eigenvalue weighted by atomic mass is 35.5. The summed E-state index contributed by atoms with van der Waals surface area (Å²) in [4.78, 5) is 27.1. The fourth-order valence-corrected chi connectivity index (χ4v) is 2.08. The van der Waals surface area contributed by atoms with E-state index in [1.165, 1.54) is 0 Å². The number of ether oxygens (including phenoxy) is 1. The van der Waals surface area contributed by atoms with Gasteiger partial charge < -0.3 is 10.5 Å². The maximum atomic E-state index is 11.8. The fourth-order valence-electron chi connectivity index (χ4n) is 1.27. The molecule has 116 valence electrons. The van der Waals surface area contributed by atoms with E-state index in [0.717, 1.165) is 0 Å². The lowest BCUT2D eigenvalue weighted by atomic mass is 10.0. The van der Waals surface area contributed by atoms with Crippen molar-refractivity contribution in [2.24, 2.45) is 11.7 Å². The van der Waals surface area contributed by atoms with Crippen molar-refractivity contribution < 1.29 is 14.3 Å². The number of nitrogens with zero attached hydrogens (tertiary/aromatic N) is 2. The van der Waals surface area contributed by atoms with Gasteiger partial charge >= 0.3 is 5.97 Å². The predicted molar refractivity (Wildman–Crippen MR) is 82.0 cm³/mol. The van der Waals surface area contributed by atoms with Crippen LogP contribution in [0.1, 0.15) is 10.5 Å². The third kappa shape index (κ3) is 4.02. The van der Waals surface area contributed by atoms with E-state index in [2.05, 4.69) is 11.6 Å². The lowest BCUT2D eigenvalue weighted by molar-refractivity contribution is -0.123. The van der Waals surface area contributed by atoms with Crippen LogP contribution in [0.25, 0.3) is 0 Å². The summed E-state index contributed by atoms with van der Waals surface area (Å²) in [5.74, 6) is -3.09. The molecule has 1 aromatic heterocycles. The zero-order valence-corrected chi connectivity index (χ0v) is 13.7. The van der Waals surface area contributed by atoms with Crippen molar-refractivity contribution in [3.05, 3.63) is 38.2 Å². The second-order valence-electron chi connectivity index (χ2n) is 3.87. The number of rotatable bonds is 5. The first-order chi connectivity index (χ1) is 10.2. The Bertz CT molecular complexity index is 700. The van der Waals surface area contributed by atoms with E-state index in [0.29, 0.717) is 0 Å². The second kappa shape index (κ2) is 7.65. The molecule has 0 aromatic carbocycles. The number of carbonyl (C=O) groups is 2. The van der Waals surface area contributed by atoms with Gasteiger partial charge in [0.25, 0.3) is 0 Å². The van der Waals surface area contributed by atoms with E-state index < -0.39 is 30.0 Å². The van der Waals surface area contributed by atoms with Crippen molar-refractivity contribution >= 4 is 58.2 Å². The van der Waals surface area contributed by atoms with Gasteiger partial charge in [0.2, 0.25) is 0 Å². The Hall–Kier alpha value is -1.52. The number of allylic oxidation sites excluding steroid dienone is 1. The quantitative estimate of drug-likeness (QED) is 0.619. The number of esters is 1. The average Bonchev–Trinajstić information content (AvgIpc) is 2.46. The predicted octanol–water partition coefficient (Wildman–Crippen LogP) is 3.03. The zero-order valence-electron chi connectivity index (χ0n) is 10.7. The SMILES string of the molecule is C=C(N)[C@H](C#N)C(=O)COC(=O)c1nc(Cl)c(Cl)c(Cl)c1Cl. The highest BCUT2D eigenvalue weighted by molar-refractivity contribution is 6.52. The van der Waals surface area contributed by atoms with Crippen LogP contribution >= 0.6 is 46.4 Å². The minimum atomic E-state index is -1.28. The van der Waals surface area contributed by atoms with Gasteiger partial charge in [0.05, 0.1) is 21.1 Å². The van der Waals surface area contributed by atoms with Gasteiger partial charge in [-0.25, -0.2) is 9.78 Å². The molecule has 1 atom stereocenters. The van der Waals surface area contributed by atoms with Crippen LogP contribution < -0.4 is 5.73 Å². The van der Waals surface area contributed by atoms with Crippen LogP contribution in [0.15, 0.2) is 12.3 Å². The molecule has 1 aromatic rings. The Morgan fingerprint density at radius 3 is 2.36 bits per heavy atom. The van der Waals surface area contributed by atoms with Crippen LogP contribution in [0.3, 0.4) is 0 Å². The third-order valence-electron chi connectivity index (χ3n) is 2.35. The Morgan fingerprint density at radius 1 is 1.27 bits per heavy atom. The number of nitriles is 1. The molecule has 2 N–H and O–H groups in total. The van der Waals surface area contributed by atoms with Crippen molar-refractivity contribution in [3.63, 3.8) is 0 Å². The largest absolute Gasteiger partial charge is 0.453 e. The molecule has 0 aliphatic rings. The third-order valence-corrected chi connectivity index (χ3v) is 4.02. The summed E-state index contributed by atoms with van der Waals surface area (Å²) in [6.07, 6.45) is 0. The summed E-state index contributed by atoms with van der Waals surface area (Å²) in [6, 6.07) is 1.64. The van der Waals surface area contributed by atoms with Gasteiger partial charge in [-0.1, -0.05) is 53.0 Å². The van der Waals surface area contributed by atoms with Gasteiger partial charge in [0, 0.05) is 5.70 Å². The van der Waals surface area contributed by atoms with Gasteiger partial charge in [-0.15, -0.1) is 0 Å². The molecule has 0 amide bonds. The molecule has 0 fully saturated rings. The molecule has 1 heterocycles. The number of aromatic nitrogens is 1. The van der Waals surface area contributed by atoms with Gasteiger partial charge in [-0.05, 0) is 0 Å². The fraction of sp³-hybridized carbons (Fsp3) is 0.167. The summed E-state index contributed by atoms with van der Waals surface area (Å²) >= 11 is 23.0. The first kappa shape index (κ1) is 18.5. The molecule has 0 aliphatic carbocycles. The summed E-state index contributed by atoms with van der Waals surface area (Å²) < 4.78 is 4.71. The number of hydrogen-bond donors (Lipinski definition) is 1. The van der Waals surface area contributed by atoms with Gasteiger partial charge in [-0.3, -0.25) is 4.79 Å². The first-order valence-electron chi connectivity index (χ1n) is 5.44. The normalized spacial score (nSPS) is 11.4. The Morgan fingerprint density at radius 2 is 1.86 bits per heavy atom. The van der Waals surface area contributed by atoms with Gasteiger partial charge in [0.15, 0.2) is 18.1 Å². The zero-order chi connectivity index (χ0) is 17.0. The first-order valence-corrected chi connectivity index (χ1v) is 6.95. The molecule has 0 spiro atoms. The van der Waals surface area contributed by atoms with Crippen molar-refractivity contribution in [1.29, 1.82) is 5.26 Å². The average molecular weight is 383 g/mol. The number of carbonyl (C=O) groups excluding carboxylic acids is 2. The van der Waals surface area contributed by atoms with Gasteiger partial charge in [-0.2, -0.15) is 5.26 Å². The number of Topliss-reactive ketones (excluding diaryl/α,β-unsaturated/α-hetero) is 1. The van der Waals surface area contributed by atoms with Crippen molar-refractivity contribution in [3.8, 4) is 6.07 Å². The van der Waals surface area contributed by atoms with Crippen LogP contribution in [0.2, 0.25) is 20.2 Å². The Balaban J connectivity index is 2.90. The van der Waals surface area contributed by atoms with Crippen molar-refractivity contribution in [2.75, 3.05) is 6.61 Å². The van der Waals surface area contributed by atoms with Crippen LogP contribution in [0.4, 0.5) is 0 Å². The number of ketones is 1. The maximum absolute atomic E-state index is 11.8. The van der Waals surface area contributed by atoms with E-state index in [1.807, 2.05) is 0 Å². The molecule has 0 radical (unpaired) electrons. The number of nitrogens with two attached hydrogens (primary N) is 1. The lowest BCUT2D eigenvalue weighted by Crippen LogP contribution is -2.25. The summed E-state index contributed by atoms with van der Waals surface area (Å²) in [5, 5.41) is 7.95. The summed E-state index contributed by atoms with van der Waals surface area (Å²) in [7, 11) is 0. The van der Waals surface area contributed by atoms with E-state index in [-0.39, 0.29) is 25.9 Å². The van der Waals surface area contributed by atoms with Crippen molar-refractivity contribution in [2.45, 2.75) is 0 Å². The molecule has 10 heteroatoms. The lowest BCUT2D eigenvalue weighted by Gasteiger charge is -2.10. The molecule has 0 saturated heterocycles. The van der Waals surface area contributed by atoms with E-state index in [1.54, 1.807) is 6.07 Å². The summed E-state index contributed by atoms with van der Waals surface area (Å²) in [6.45, 7) is 2.57. The topological polar surface area (TPSA) is 106 Å². The Labute approximate surface area is 145 Å². The maximum Gasteiger partial charge on any atom is 0.359 e. The molecule has 6 nitrogen and oxygen atoms in total. The minimum Gasteiger partial charge on any atom is -0.453 e. The minimum absolute atomic E-state index is 0.120. The van der Waals surface area contributed by atoms with Gasteiger partial charge in [0.1, 0.15) is 11.1 Å². The van der Waals surface area contributed by atoms with Crippen LogP contribution in [-0.2, 0) is 9.53 Å². The molecule has 0 unspecified atom stereocenters. The summed E-state index contributed by atoms with van der Waals surface area (Å²) in [5.41, 5.74) is 4.72. The Kier molecular flexibility index (Phi) is 6.45. The number of pyridine rings is 1. The highest BCUT2D eigenvalue weighted by Gasteiger charge is 2.24. The molecular weight excluding hydrogens is 376 g/mol. The molecular formula is C12H7Cl4N3O3. The smallest absolute Gasteiger partial charge is 0.359 e. The number of hydrogen-bond acceptors (Lipinski definition) is 6. The highest BCUT2D eigenvalue weighted by Crippen LogP contribution is 2.36. The monoisotopic (exact) mass is 381 g/mol. The van der Waals surface area contributed by atoms with E-state index >= 15 is 0 Å². The molecule has 22 heavy (non-hydrogen) atoms. The van der Waals surface area contributed by atoms with Crippen LogP contribution in [0.5, 0.6) is 0 Å². The van der Waals surface area contributed by atoms with E-state index in [9.17, 15) is 9.59 Å². The second-order valence-corrected chi connectivity index (χ2v) is 5.36. The molecule has 1 rings (SSSR count). The standard InChI is InChI=1S/C12H7Cl4N3O3/c1-4(18)5(2-17)6(20)3-22-12(21)10-8(14)7(13)9(15)11(16)19-10/h5H,1,3,18H2/t5-/m0/s1. The van der Waals surface area contributed by atoms with Crippen LogP contribution in [-0.4, -0.2) is 23.3 Å². The molecule has 0 aliphatic heterocycles. The van der Waals surface area contributed by atoms with Crippen LogP contribution in [0, 0.1) is 17.2 Å². The van der Waals surface area contributed by atoms with Crippen molar-refractivity contribution in [1.82, 2.24) is 4.98 Å².